The zero-order valence-electron chi connectivity index (χ0n) is 13.1. The molecule has 1 fully saturated rings. The maximum Gasteiger partial charge on any atom is 0.152 e. The molecular formula is C15H25N5O2S. The number of rotatable bonds is 8. The number of amidine groups is 1. The quantitative estimate of drug-likeness (QED) is 0.136. The summed E-state index contributed by atoms with van der Waals surface area (Å²) in [5, 5.41) is 14.4. The fraction of sp³-hybridized carbons (Fsp3) is 0.533. The van der Waals surface area contributed by atoms with E-state index in [1.165, 1.54) is 17.1 Å². The van der Waals surface area contributed by atoms with Crippen molar-refractivity contribution in [1.82, 2.24) is 9.84 Å². The van der Waals surface area contributed by atoms with Crippen molar-refractivity contribution in [2.45, 2.75) is 17.7 Å². The highest BCUT2D eigenvalue weighted by Crippen LogP contribution is 2.16. The summed E-state index contributed by atoms with van der Waals surface area (Å²) in [4.78, 5) is 1.04. The summed E-state index contributed by atoms with van der Waals surface area (Å²) < 4.78 is 8.38. The summed E-state index contributed by atoms with van der Waals surface area (Å²) in [5.41, 5.74) is 6.85. The molecule has 0 atom stereocenters. The summed E-state index contributed by atoms with van der Waals surface area (Å²) in [6.45, 7) is 2.93. The van der Waals surface area contributed by atoms with Gasteiger partial charge in [0.1, 0.15) is 0 Å². The van der Waals surface area contributed by atoms with Gasteiger partial charge in [-0.3, -0.25) is 4.72 Å². The lowest BCUT2D eigenvalue weighted by atomic mass is 10.0. The Labute approximate surface area is 141 Å². The average Bonchev–Trinajstić information content (AvgIpc) is 2.56. The standard InChI is InChI=1S/C15H25N5O2S/c16-15(19-20(17)11-12-5-9-22-10-6-12)13-1-3-14(4-2-13)23-18-7-8-21/h1-4,12,18,21H,5-11,17H2,(H2,16,19). The Hall–Kier alpha value is -1.32. The predicted molar refractivity (Wildman–Crippen MR) is 92.5 cm³/mol. The number of aliphatic hydroxyl groups excluding tert-OH is 1. The molecule has 0 aliphatic carbocycles. The van der Waals surface area contributed by atoms with E-state index in [4.69, 9.17) is 21.4 Å². The Morgan fingerprint density at radius 1 is 1.35 bits per heavy atom. The Morgan fingerprint density at radius 2 is 2.04 bits per heavy atom. The van der Waals surface area contributed by atoms with Crippen LogP contribution < -0.4 is 16.3 Å². The maximum absolute atomic E-state index is 8.73. The van der Waals surface area contributed by atoms with Gasteiger partial charge in [-0.05, 0) is 42.8 Å². The number of aliphatic hydroxyl groups is 1. The van der Waals surface area contributed by atoms with Crippen LogP contribution in [0.2, 0.25) is 0 Å². The van der Waals surface area contributed by atoms with Crippen LogP contribution in [0.1, 0.15) is 18.4 Å². The molecule has 0 saturated carbocycles. The van der Waals surface area contributed by atoms with Gasteiger partial charge in [0.15, 0.2) is 5.84 Å². The largest absolute Gasteiger partial charge is 0.395 e. The highest BCUT2D eigenvalue weighted by molar-refractivity contribution is 7.97. The molecule has 0 radical (unpaired) electrons. The van der Waals surface area contributed by atoms with E-state index >= 15 is 0 Å². The average molecular weight is 339 g/mol. The van der Waals surface area contributed by atoms with Crippen LogP contribution in [0.5, 0.6) is 0 Å². The van der Waals surface area contributed by atoms with E-state index in [0.717, 1.165) is 36.5 Å². The molecule has 128 valence electrons. The van der Waals surface area contributed by atoms with Crippen LogP contribution >= 0.6 is 11.9 Å². The molecule has 0 aromatic heterocycles. The summed E-state index contributed by atoms with van der Waals surface area (Å²) in [7, 11) is 0. The number of nitrogens with zero attached hydrogens (tertiary/aromatic N) is 2. The van der Waals surface area contributed by atoms with E-state index in [2.05, 4.69) is 9.82 Å². The number of nitrogens with two attached hydrogens (primary N) is 2. The van der Waals surface area contributed by atoms with E-state index in [-0.39, 0.29) is 6.61 Å². The first-order valence-corrected chi connectivity index (χ1v) is 8.55. The number of nitrogens with one attached hydrogen (secondary N) is 1. The molecule has 8 heteroatoms. The van der Waals surface area contributed by atoms with Crippen LogP contribution in [0, 0.1) is 5.92 Å². The van der Waals surface area contributed by atoms with Crippen molar-refractivity contribution in [3.63, 3.8) is 0 Å². The van der Waals surface area contributed by atoms with Gasteiger partial charge in [-0.1, -0.05) is 12.1 Å². The van der Waals surface area contributed by atoms with Crippen molar-refractivity contribution >= 4 is 17.8 Å². The van der Waals surface area contributed by atoms with Gasteiger partial charge in [0.25, 0.3) is 0 Å². The summed E-state index contributed by atoms with van der Waals surface area (Å²) in [6.07, 6.45) is 2.02. The highest BCUT2D eigenvalue weighted by Gasteiger charge is 2.15. The second kappa shape index (κ2) is 9.74. The number of hydrazine groups is 1. The molecule has 0 spiro atoms. The molecule has 1 aliphatic rings. The number of benzene rings is 1. The molecule has 1 heterocycles. The molecule has 1 aromatic carbocycles. The number of hydrogen-bond donors (Lipinski definition) is 4. The van der Waals surface area contributed by atoms with Crippen molar-refractivity contribution < 1.29 is 9.84 Å². The van der Waals surface area contributed by atoms with E-state index in [0.29, 0.717) is 24.8 Å². The molecule has 1 aromatic rings. The second-order valence-corrected chi connectivity index (χ2v) is 6.37. The summed E-state index contributed by atoms with van der Waals surface area (Å²) >= 11 is 1.46. The van der Waals surface area contributed by atoms with Gasteiger partial charge >= 0.3 is 0 Å². The van der Waals surface area contributed by atoms with E-state index in [1.807, 2.05) is 24.3 Å². The fourth-order valence-electron chi connectivity index (χ4n) is 2.30. The van der Waals surface area contributed by atoms with Crippen molar-refractivity contribution in [1.29, 1.82) is 0 Å². The Morgan fingerprint density at radius 3 is 2.70 bits per heavy atom. The molecule has 0 unspecified atom stereocenters. The van der Waals surface area contributed by atoms with Crippen molar-refractivity contribution in [2.75, 3.05) is 32.9 Å². The highest BCUT2D eigenvalue weighted by atomic mass is 32.2. The van der Waals surface area contributed by atoms with Gasteiger partial charge in [-0.15, -0.1) is 5.10 Å². The Kier molecular flexibility index (Phi) is 7.63. The third kappa shape index (κ3) is 6.36. The number of hydrazone groups is 1. The van der Waals surface area contributed by atoms with Crippen LogP contribution in [0.3, 0.4) is 0 Å². The molecule has 2 rings (SSSR count). The topological polar surface area (TPSA) is 109 Å². The van der Waals surface area contributed by atoms with Crippen LogP contribution in [-0.2, 0) is 4.74 Å². The van der Waals surface area contributed by atoms with Gasteiger partial charge in [-0.2, -0.15) is 0 Å². The van der Waals surface area contributed by atoms with Gasteiger partial charge in [0.2, 0.25) is 0 Å². The zero-order valence-corrected chi connectivity index (χ0v) is 14.0. The zero-order chi connectivity index (χ0) is 16.5. The molecule has 7 nitrogen and oxygen atoms in total. The second-order valence-electron chi connectivity index (χ2n) is 5.41. The Bertz CT molecular complexity index is 491. The first-order valence-electron chi connectivity index (χ1n) is 7.74. The first kappa shape index (κ1) is 18.0. The van der Waals surface area contributed by atoms with Crippen molar-refractivity contribution in [2.24, 2.45) is 22.6 Å². The van der Waals surface area contributed by atoms with Gasteiger partial charge in [0, 0.05) is 30.2 Å². The third-order valence-corrected chi connectivity index (χ3v) is 4.43. The minimum Gasteiger partial charge on any atom is -0.395 e. The van der Waals surface area contributed by atoms with Gasteiger partial charge in [0.05, 0.1) is 13.2 Å². The maximum atomic E-state index is 8.73. The van der Waals surface area contributed by atoms with E-state index in [1.54, 1.807) is 0 Å². The van der Waals surface area contributed by atoms with Crippen LogP contribution in [0.15, 0.2) is 34.3 Å². The smallest absolute Gasteiger partial charge is 0.152 e. The van der Waals surface area contributed by atoms with Gasteiger partial charge < -0.3 is 15.6 Å². The van der Waals surface area contributed by atoms with E-state index in [9.17, 15) is 0 Å². The van der Waals surface area contributed by atoms with Gasteiger partial charge in [-0.25, -0.2) is 11.0 Å². The van der Waals surface area contributed by atoms with Crippen LogP contribution in [0.4, 0.5) is 0 Å². The fourth-order valence-corrected chi connectivity index (χ4v) is 2.94. The SMILES string of the molecule is N/C(=N\N(N)CC1CCOCC1)c1ccc(SNCCO)cc1. The first-order chi connectivity index (χ1) is 11.2. The summed E-state index contributed by atoms with van der Waals surface area (Å²) in [5.74, 6) is 6.84. The monoisotopic (exact) mass is 339 g/mol. The molecular weight excluding hydrogens is 314 g/mol. The molecule has 0 bridgehead atoms. The predicted octanol–water partition coefficient (Wildman–Crippen LogP) is 0.498. The third-order valence-electron chi connectivity index (χ3n) is 3.58. The minimum absolute atomic E-state index is 0.115. The number of hydrogen-bond acceptors (Lipinski definition) is 7. The summed E-state index contributed by atoms with van der Waals surface area (Å²) in [6, 6.07) is 7.71. The van der Waals surface area contributed by atoms with E-state index < -0.39 is 0 Å². The minimum atomic E-state index is 0.115. The lowest BCUT2D eigenvalue weighted by Crippen LogP contribution is -2.35. The lowest BCUT2D eigenvalue weighted by molar-refractivity contribution is 0.0529. The van der Waals surface area contributed by atoms with Crippen molar-refractivity contribution in [3.8, 4) is 0 Å². The normalized spacial score (nSPS) is 16.5. The number of ether oxygens (including phenoxy) is 1. The molecule has 0 amide bonds. The molecule has 1 saturated heterocycles. The van der Waals surface area contributed by atoms with Crippen LogP contribution in [0.25, 0.3) is 0 Å². The van der Waals surface area contributed by atoms with Crippen molar-refractivity contribution in [3.05, 3.63) is 29.8 Å². The Balaban J connectivity index is 1.86. The molecule has 23 heavy (non-hydrogen) atoms. The lowest BCUT2D eigenvalue weighted by Gasteiger charge is -2.25. The molecule has 6 N–H and O–H groups in total. The molecule has 1 aliphatic heterocycles. The van der Waals surface area contributed by atoms with Crippen LogP contribution in [-0.4, -0.2) is 49.0 Å².